The largest absolute Gasteiger partial charge is 0.399 e. The number of carbonyl (C=O) groups is 1. The molecule has 0 radical (unpaired) electrons. The summed E-state index contributed by atoms with van der Waals surface area (Å²) in [6.45, 7) is 1.95. The molecule has 0 bridgehead atoms. The number of thioether (sulfide) groups is 1. The molecular formula is C26H20N4OS2. The average Bonchev–Trinajstić information content (AvgIpc) is 3.45. The Hall–Kier alpha value is -3.68. The molecule has 3 aromatic carbocycles. The van der Waals surface area contributed by atoms with Gasteiger partial charge in [-0.15, -0.1) is 11.3 Å². The number of nitrogens with two attached hydrogens (primary N) is 1. The van der Waals surface area contributed by atoms with E-state index in [2.05, 4.69) is 4.98 Å². The second-order valence-electron chi connectivity index (χ2n) is 7.43. The third-order valence-electron chi connectivity index (χ3n) is 5.23. The van der Waals surface area contributed by atoms with Crippen LogP contribution in [0.3, 0.4) is 0 Å². The van der Waals surface area contributed by atoms with Gasteiger partial charge in [0.25, 0.3) is 5.91 Å². The van der Waals surface area contributed by atoms with Crippen LogP contribution < -0.4 is 10.6 Å². The van der Waals surface area contributed by atoms with Crippen LogP contribution in [0.15, 0.2) is 100 Å². The van der Waals surface area contributed by atoms with Crippen molar-refractivity contribution in [3.63, 3.8) is 0 Å². The van der Waals surface area contributed by atoms with Gasteiger partial charge < -0.3 is 5.73 Å². The predicted octanol–water partition coefficient (Wildman–Crippen LogP) is 6.59. The molecule has 5 nitrogen and oxygen atoms in total. The molecule has 1 amide bonds. The van der Waals surface area contributed by atoms with E-state index in [0.717, 1.165) is 28.1 Å². The topological polar surface area (TPSA) is 71.6 Å². The number of aromatic nitrogens is 1. The number of nitrogens with zero attached hydrogens (tertiary/aromatic N) is 3. The van der Waals surface area contributed by atoms with Crippen LogP contribution in [0.5, 0.6) is 0 Å². The molecule has 0 spiro atoms. The Balaban J connectivity index is 1.56. The van der Waals surface area contributed by atoms with Gasteiger partial charge in [-0.05, 0) is 54.1 Å². The highest BCUT2D eigenvalue weighted by Gasteiger charge is 2.36. The summed E-state index contributed by atoms with van der Waals surface area (Å²) in [6.07, 6.45) is 0. The lowest BCUT2D eigenvalue weighted by atomic mass is 10.1. The molecule has 2 heterocycles. The van der Waals surface area contributed by atoms with Crippen molar-refractivity contribution in [3.05, 3.63) is 101 Å². The number of carbonyl (C=O) groups excluding carboxylic acids is 1. The van der Waals surface area contributed by atoms with Gasteiger partial charge in [0.05, 0.1) is 16.3 Å². The Morgan fingerprint density at radius 1 is 0.939 bits per heavy atom. The molecule has 33 heavy (non-hydrogen) atoms. The highest BCUT2D eigenvalue weighted by atomic mass is 32.2. The number of benzene rings is 3. The van der Waals surface area contributed by atoms with Crippen LogP contribution in [0.25, 0.3) is 16.8 Å². The third-order valence-corrected chi connectivity index (χ3v) is 7.11. The van der Waals surface area contributed by atoms with Crippen molar-refractivity contribution in [2.45, 2.75) is 6.92 Å². The van der Waals surface area contributed by atoms with Crippen LogP contribution in [0.1, 0.15) is 12.5 Å². The summed E-state index contributed by atoms with van der Waals surface area (Å²) in [7, 11) is 0. The van der Waals surface area contributed by atoms with E-state index in [-0.39, 0.29) is 5.91 Å². The molecule has 4 aromatic rings. The Morgan fingerprint density at radius 3 is 2.30 bits per heavy atom. The van der Waals surface area contributed by atoms with Gasteiger partial charge in [-0.2, -0.15) is 4.99 Å². The maximum absolute atomic E-state index is 13.5. The second kappa shape index (κ2) is 9.05. The van der Waals surface area contributed by atoms with Gasteiger partial charge in [-0.1, -0.05) is 60.7 Å². The van der Waals surface area contributed by atoms with E-state index in [1.165, 1.54) is 23.1 Å². The Kier molecular flexibility index (Phi) is 5.81. The van der Waals surface area contributed by atoms with Gasteiger partial charge in [-0.3, -0.25) is 9.69 Å². The fourth-order valence-corrected chi connectivity index (χ4v) is 5.28. The van der Waals surface area contributed by atoms with Crippen molar-refractivity contribution >= 4 is 56.3 Å². The second-order valence-corrected chi connectivity index (χ2v) is 9.24. The van der Waals surface area contributed by atoms with E-state index in [1.54, 1.807) is 4.90 Å². The van der Waals surface area contributed by atoms with Crippen LogP contribution in [0.4, 0.5) is 16.5 Å². The van der Waals surface area contributed by atoms with E-state index in [1.807, 2.05) is 97.2 Å². The van der Waals surface area contributed by atoms with Gasteiger partial charge in [0, 0.05) is 16.6 Å². The van der Waals surface area contributed by atoms with Crippen LogP contribution in [0.2, 0.25) is 0 Å². The first-order valence-electron chi connectivity index (χ1n) is 10.3. The maximum Gasteiger partial charge on any atom is 0.271 e. The van der Waals surface area contributed by atoms with E-state index in [4.69, 9.17) is 10.7 Å². The zero-order valence-electron chi connectivity index (χ0n) is 17.8. The van der Waals surface area contributed by atoms with Crippen molar-refractivity contribution in [3.8, 4) is 11.3 Å². The molecule has 0 unspecified atom stereocenters. The van der Waals surface area contributed by atoms with E-state index >= 15 is 0 Å². The highest BCUT2D eigenvalue weighted by molar-refractivity contribution is 8.19. The minimum Gasteiger partial charge on any atom is -0.399 e. The Bertz CT molecular complexity index is 1360. The number of nitrogen functional groups attached to an aromatic ring is 1. The summed E-state index contributed by atoms with van der Waals surface area (Å²) in [6, 6.07) is 27.1. The lowest BCUT2D eigenvalue weighted by Gasteiger charge is -2.15. The fraction of sp³-hybridized carbons (Fsp3) is 0.0385. The Labute approximate surface area is 200 Å². The first-order chi connectivity index (χ1) is 16.1. The van der Waals surface area contributed by atoms with Crippen LogP contribution in [-0.4, -0.2) is 16.1 Å². The number of rotatable bonds is 4. The number of hydrogen-bond donors (Lipinski definition) is 1. The SMILES string of the molecule is C/C(=C1/S/C(=N/c2nc(-c3ccccc3)cs2)N(c2ccccc2)C1=O)c1ccc(N)cc1. The molecule has 1 fully saturated rings. The maximum atomic E-state index is 13.5. The molecular weight excluding hydrogens is 448 g/mol. The van der Waals surface area contributed by atoms with Crippen molar-refractivity contribution in [1.82, 2.24) is 4.98 Å². The van der Waals surface area contributed by atoms with Gasteiger partial charge in [0.2, 0.25) is 5.13 Å². The number of thiazole rings is 1. The van der Waals surface area contributed by atoms with Gasteiger partial charge >= 0.3 is 0 Å². The van der Waals surface area contributed by atoms with Crippen molar-refractivity contribution in [1.29, 1.82) is 0 Å². The van der Waals surface area contributed by atoms with E-state index in [9.17, 15) is 4.79 Å². The molecule has 0 aliphatic carbocycles. The van der Waals surface area contributed by atoms with Gasteiger partial charge in [-0.25, -0.2) is 4.98 Å². The number of amides is 1. The normalized spacial score (nSPS) is 16.5. The summed E-state index contributed by atoms with van der Waals surface area (Å²) in [5.41, 5.74) is 11.0. The smallest absolute Gasteiger partial charge is 0.271 e. The zero-order valence-corrected chi connectivity index (χ0v) is 19.4. The highest BCUT2D eigenvalue weighted by Crippen LogP contribution is 2.40. The minimum absolute atomic E-state index is 0.0980. The molecule has 1 aliphatic heterocycles. The number of para-hydroxylation sites is 1. The lowest BCUT2D eigenvalue weighted by molar-refractivity contribution is -0.113. The summed E-state index contributed by atoms with van der Waals surface area (Å²) in [4.78, 5) is 25.3. The lowest BCUT2D eigenvalue weighted by Crippen LogP contribution is -2.28. The minimum atomic E-state index is -0.0980. The Morgan fingerprint density at radius 2 is 1.61 bits per heavy atom. The quantitative estimate of drug-likeness (QED) is 0.271. The van der Waals surface area contributed by atoms with Crippen molar-refractivity contribution in [2.75, 3.05) is 10.6 Å². The third kappa shape index (κ3) is 4.33. The first-order valence-corrected chi connectivity index (χ1v) is 12.0. The summed E-state index contributed by atoms with van der Waals surface area (Å²) in [5, 5.41) is 3.18. The molecule has 1 aromatic heterocycles. The standard InChI is InChI=1S/C26H20N4OS2/c1-17(18-12-14-20(27)15-13-18)23-24(31)30(21-10-6-3-7-11-21)26(33-23)29-25-28-22(16-32-25)19-8-4-2-5-9-19/h2-16H,27H2,1H3/b23-17-,29-26+. The summed E-state index contributed by atoms with van der Waals surface area (Å²) >= 11 is 2.83. The van der Waals surface area contributed by atoms with Gasteiger partial charge in [0.15, 0.2) is 5.17 Å². The molecule has 1 saturated heterocycles. The predicted molar refractivity (Wildman–Crippen MR) is 140 cm³/mol. The number of amidine groups is 1. The number of hydrogen-bond acceptors (Lipinski definition) is 6. The van der Waals surface area contributed by atoms with Crippen molar-refractivity contribution in [2.24, 2.45) is 4.99 Å². The molecule has 0 atom stereocenters. The molecule has 7 heteroatoms. The average molecular weight is 469 g/mol. The van der Waals surface area contributed by atoms with E-state index in [0.29, 0.717) is 20.9 Å². The van der Waals surface area contributed by atoms with E-state index < -0.39 is 0 Å². The number of allylic oxidation sites excluding steroid dienone is 1. The summed E-state index contributed by atoms with van der Waals surface area (Å²) < 4.78 is 0. The first kappa shape index (κ1) is 21.2. The van der Waals surface area contributed by atoms with Crippen molar-refractivity contribution < 1.29 is 4.79 Å². The monoisotopic (exact) mass is 468 g/mol. The number of anilines is 2. The molecule has 1 aliphatic rings. The molecule has 162 valence electrons. The molecule has 0 saturated carbocycles. The van der Waals surface area contributed by atoms with Crippen LogP contribution in [0, 0.1) is 0 Å². The fourth-order valence-electron chi connectivity index (χ4n) is 3.49. The zero-order chi connectivity index (χ0) is 22.8. The molecule has 5 rings (SSSR count). The van der Waals surface area contributed by atoms with Crippen LogP contribution >= 0.6 is 23.1 Å². The molecule has 2 N–H and O–H groups in total. The van der Waals surface area contributed by atoms with Crippen LogP contribution in [-0.2, 0) is 4.79 Å². The van der Waals surface area contributed by atoms with Gasteiger partial charge in [0.1, 0.15) is 0 Å². The summed E-state index contributed by atoms with van der Waals surface area (Å²) in [5.74, 6) is -0.0980. The number of aliphatic imine (C=N–C) groups is 1.